The lowest BCUT2D eigenvalue weighted by Gasteiger charge is -2.29. The number of hydrogen-bond donors (Lipinski definition) is 2. The molecule has 0 radical (unpaired) electrons. The van der Waals surface area contributed by atoms with Gasteiger partial charge in [-0.05, 0) is 51.5 Å². The lowest BCUT2D eigenvalue weighted by atomic mass is 9.96. The van der Waals surface area contributed by atoms with Crippen molar-refractivity contribution in [2.24, 2.45) is 5.92 Å². The summed E-state index contributed by atoms with van der Waals surface area (Å²) in [4.78, 5) is 17.8. The molecule has 1 unspecified atom stereocenters. The van der Waals surface area contributed by atoms with Gasteiger partial charge in [-0.25, -0.2) is 9.67 Å². The van der Waals surface area contributed by atoms with E-state index in [1.54, 1.807) is 6.20 Å². The Labute approximate surface area is 148 Å². The quantitative estimate of drug-likeness (QED) is 0.844. The van der Waals surface area contributed by atoms with Gasteiger partial charge in [0.2, 0.25) is 0 Å². The molecule has 2 aromatic rings. The highest BCUT2D eigenvalue weighted by Gasteiger charge is 2.42. The first-order valence-electron chi connectivity index (χ1n) is 9.08. The van der Waals surface area contributed by atoms with Gasteiger partial charge < -0.3 is 10.4 Å². The lowest BCUT2D eigenvalue weighted by molar-refractivity contribution is 0.0826. The standard InChI is InChI=1S/C19H28N4O2/c1-11(2)16-8-14(15-9-20-23(12(3)4)17(15)21-16)18(25)22-19(5,10-24)13-6-7-13/h8-9,11-13,24H,6-7,10H2,1-5H3,(H,22,25). The molecule has 2 heterocycles. The number of nitrogens with one attached hydrogen (secondary N) is 1. The number of carbonyl (C=O) groups excluding carboxylic acids is 1. The molecule has 1 amide bonds. The van der Waals surface area contributed by atoms with E-state index < -0.39 is 5.54 Å². The molecule has 0 aliphatic heterocycles. The van der Waals surface area contributed by atoms with Gasteiger partial charge in [0.15, 0.2) is 5.65 Å². The zero-order valence-electron chi connectivity index (χ0n) is 15.7. The maximum atomic E-state index is 13.0. The fraction of sp³-hybridized carbons (Fsp3) is 0.632. The van der Waals surface area contributed by atoms with E-state index >= 15 is 0 Å². The molecule has 0 bridgehead atoms. The summed E-state index contributed by atoms with van der Waals surface area (Å²) >= 11 is 0. The Morgan fingerprint density at radius 3 is 2.60 bits per heavy atom. The van der Waals surface area contributed by atoms with Crippen molar-refractivity contribution in [3.05, 3.63) is 23.5 Å². The van der Waals surface area contributed by atoms with Crippen LogP contribution in [0.15, 0.2) is 12.3 Å². The van der Waals surface area contributed by atoms with Gasteiger partial charge >= 0.3 is 0 Å². The minimum atomic E-state index is -0.571. The maximum absolute atomic E-state index is 13.0. The Morgan fingerprint density at radius 2 is 2.08 bits per heavy atom. The van der Waals surface area contributed by atoms with Gasteiger partial charge in [0.05, 0.1) is 29.3 Å². The molecule has 1 aliphatic rings. The first-order valence-corrected chi connectivity index (χ1v) is 9.08. The molecular formula is C19H28N4O2. The third-order valence-corrected chi connectivity index (χ3v) is 5.12. The highest BCUT2D eigenvalue weighted by Crippen LogP contribution is 2.39. The smallest absolute Gasteiger partial charge is 0.252 e. The van der Waals surface area contributed by atoms with Crippen molar-refractivity contribution in [1.29, 1.82) is 0 Å². The summed E-state index contributed by atoms with van der Waals surface area (Å²) in [6.45, 7) is 10.1. The summed E-state index contributed by atoms with van der Waals surface area (Å²) in [5.74, 6) is 0.391. The first kappa shape index (κ1) is 17.9. The van der Waals surface area contributed by atoms with Gasteiger partial charge in [0.1, 0.15) is 0 Å². The molecule has 25 heavy (non-hydrogen) atoms. The summed E-state index contributed by atoms with van der Waals surface area (Å²) in [5.41, 5.74) is 1.63. The van der Waals surface area contributed by atoms with Crippen molar-refractivity contribution in [3.8, 4) is 0 Å². The fourth-order valence-electron chi connectivity index (χ4n) is 3.22. The molecule has 1 saturated carbocycles. The van der Waals surface area contributed by atoms with Crippen LogP contribution in [0.5, 0.6) is 0 Å². The number of carbonyl (C=O) groups is 1. The van der Waals surface area contributed by atoms with Crippen LogP contribution in [-0.2, 0) is 0 Å². The van der Waals surface area contributed by atoms with E-state index in [0.717, 1.165) is 29.6 Å². The molecule has 0 saturated heterocycles. The first-order chi connectivity index (χ1) is 11.8. The zero-order valence-corrected chi connectivity index (χ0v) is 15.7. The second kappa shape index (κ2) is 6.41. The number of aliphatic hydroxyl groups is 1. The maximum Gasteiger partial charge on any atom is 0.252 e. The van der Waals surface area contributed by atoms with E-state index in [2.05, 4.69) is 24.3 Å². The number of pyridine rings is 1. The van der Waals surface area contributed by atoms with Crippen LogP contribution in [-0.4, -0.2) is 37.9 Å². The van der Waals surface area contributed by atoms with Crippen LogP contribution in [0.25, 0.3) is 11.0 Å². The van der Waals surface area contributed by atoms with Gasteiger partial charge in [0, 0.05) is 11.7 Å². The lowest BCUT2D eigenvalue weighted by Crippen LogP contribution is -2.50. The highest BCUT2D eigenvalue weighted by molar-refractivity contribution is 6.05. The monoisotopic (exact) mass is 344 g/mol. The Hall–Kier alpha value is -1.95. The van der Waals surface area contributed by atoms with E-state index in [-0.39, 0.29) is 24.5 Å². The van der Waals surface area contributed by atoms with Crippen molar-refractivity contribution in [2.45, 2.75) is 65.0 Å². The molecule has 2 aromatic heterocycles. The number of hydrogen-bond acceptors (Lipinski definition) is 4. The summed E-state index contributed by atoms with van der Waals surface area (Å²) in [6, 6.07) is 2.02. The summed E-state index contributed by atoms with van der Waals surface area (Å²) in [5, 5.41) is 18.0. The van der Waals surface area contributed by atoms with Crippen molar-refractivity contribution in [1.82, 2.24) is 20.1 Å². The normalized spacial score (nSPS) is 17.3. The second-order valence-electron chi connectivity index (χ2n) is 7.97. The number of amides is 1. The number of nitrogens with zero attached hydrogens (tertiary/aromatic N) is 3. The number of aromatic nitrogens is 3. The average Bonchev–Trinajstić information content (AvgIpc) is 3.33. The average molecular weight is 344 g/mol. The van der Waals surface area contributed by atoms with E-state index in [1.165, 1.54) is 0 Å². The Morgan fingerprint density at radius 1 is 1.40 bits per heavy atom. The third-order valence-electron chi connectivity index (χ3n) is 5.12. The molecule has 1 atom stereocenters. The zero-order chi connectivity index (χ0) is 18.4. The fourth-order valence-corrected chi connectivity index (χ4v) is 3.22. The van der Waals surface area contributed by atoms with Crippen molar-refractivity contribution in [3.63, 3.8) is 0 Å². The van der Waals surface area contributed by atoms with Gasteiger partial charge in [-0.1, -0.05) is 13.8 Å². The number of fused-ring (bicyclic) bond motifs is 1. The van der Waals surface area contributed by atoms with E-state index in [1.807, 2.05) is 31.5 Å². The Bertz CT molecular complexity index is 792. The van der Waals surface area contributed by atoms with E-state index in [0.29, 0.717) is 11.5 Å². The van der Waals surface area contributed by atoms with E-state index in [9.17, 15) is 9.90 Å². The third kappa shape index (κ3) is 3.27. The SMILES string of the molecule is CC(C)c1cc(C(=O)NC(C)(CO)C2CC2)c2cnn(C(C)C)c2n1. The molecule has 2 N–H and O–H groups in total. The Balaban J connectivity index is 2.06. The largest absolute Gasteiger partial charge is 0.394 e. The second-order valence-corrected chi connectivity index (χ2v) is 7.97. The molecule has 6 nitrogen and oxygen atoms in total. The minimum Gasteiger partial charge on any atom is -0.394 e. The topological polar surface area (TPSA) is 80.0 Å². The van der Waals surface area contributed by atoms with Crippen LogP contribution < -0.4 is 5.32 Å². The molecule has 0 spiro atoms. The predicted molar refractivity (Wildman–Crippen MR) is 97.7 cm³/mol. The van der Waals surface area contributed by atoms with Gasteiger partial charge in [0.25, 0.3) is 5.91 Å². The van der Waals surface area contributed by atoms with Crippen LogP contribution in [0.4, 0.5) is 0 Å². The van der Waals surface area contributed by atoms with Crippen molar-refractivity contribution >= 4 is 16.9 Å². The number of rotatable bonds is 6. The van der Waals surface area contributed by atoms with Crippen LogP contribution >= 0.6 is 0 Å². The predicted octanol–water partition coefficient (Wildman–Crippen LogP) is 3.03. The van der Waals surface area contributed by atoms with Crippen molar-refractivity contribution in [2.75, 3.05) is 6.61 Å². The summed E-state index contributed by atoms with van der Waals surface area (Å²) in [7, 11) is 0. The molecule has 136 valence electrons. The van der Waals surface area contributed by atoms with Crippen LogP contribution in [0.1, 0.15) is 75.5 Å². The van der Waals surface area contributed by atoms with Gasteiger partial charge in [-0.3, -0.25) is 4.79 Å². The highest BCUT2D eigenvalue weighted by atomic mass is 16.3. The molecule has 6 heteroatoms. The van der Waals surface area contributed by atoms with Gasteiger partial charge in [-0.2, -0.15) is 5.10 Å². The Kier molecular flexibility index (Phi) is 4.58. The summed E-state index contributed by atoms with van der Waals surface area (Å²) < 4.78 is 1.85. The van der Waals surface area contributed by atoms with E-state index in [4.69, 9.17) is 4.98 Å². The summed E-state index contributed by atoms with van der Waals surface area (Å²) in [6.07, 6.45) is 3.81. The molecule has 0 aromatic carbocycles. The minimum absolute atomic E-state index is 0.0556. The number of aliphatic hydroxyl groups excluding tert-OH is 1. The molecule has 3 rings (SSSR count). The van der Waals surface area contributed by atoms with Crippen molar-refractivity contribution < 1.29 is 9.90 Å². The molecule has 1 aliphatic carbocycles. The van der Waals surface area contributed by atoms with Crippen LogP contribution in [0.2, 0.25) is 0 Å². The molecule has 1 fully saturated rings. The molecular weight excluding hydrogens is 316 g/mol. The van der Waals surface area contributed by atoms with Crippen LogP contribution in [0, 0.1) is 5.92 Å². The van der Waals surface area contributed by atoms with Crippen LogP contribution in [0.3, 0.4) is 0 Å². The van der Waals surface area contributed by atoms with Gasteiger partial charge in [-0.15, -0.1) is 0 Å².